The summed E-state index contributed by atoms with van der Waals surface area (Å²) in [6.45, 7) is 1.10. The normalized spacial score (nSPS) is 15.7. The molecule has 120 valence electrons. The molecule has 0 aromatic carbocycles. The first-order chi connectivity index (χ1) is 10.7. The Kier molecular flexibility index (Phi) is 6.67. The van der Waals surface area contributed by atoms with Crippen LogP contribution in [0, 0.1) is 0 Å². The molecule has 0 bridgehead atoms. The molecular formula is C16H25N5O. The van der Waals surface area contributed by atoms with Crippen molar-refractivity contribution < 1.29 is 4.79 Å². The highest BCUT2D eigenvalue weighted by molar-refractivity contribution is 5.79. The van der Waals surface area contributed by atoms with Gasteiger partial charge in [-0.1, -0.05) is 18.9 Å². The first kappa shape index (κ1) is 16.3. The molecule has 1 amide bonds. The molecule has 6 heteroatoms. The van der Waals surface area contributed by atoms with Gasteiger partial charge in [-0.15, -0.1) is 0 Å². The van der Waals surface area contributed by atoms with Crippen molar-refractivity contribution in [2.75, 3.05) is 13.1 Å². The maximum atomic E-state index is 11.7. The van der Waals surface area contributed by atoms with Crippen molar-refractivity contribution in [3.8, 4) is 0 Å². The zero-order chi connectivity index (χ0) is 15.6. The van der Waals surface area contributed by atoms with Gasteiger partial charge < -0.3 is 16.4 Å². The van der Waals surface area contributed by atoms with Crippen LogP contribution in [-0.2, 0) is 11.2 Å². The Labute approximate surface area is 131 Å². The van der Waals surface area contributed by atoms with Crippen molar-refractivity contribution in [3.05, 3.63) is 30.1 Å². The largest absolute Gasteiger partial charge is 0.370 e. The Hall–Kier alpha value is -2.11. The van der Waals surface area contributed by atoms with Crippen LogP contribution < -0.4 is 16.4 Å². The molecule has 0 saturated heterocycles. The second-order valence-electron chi connectivity index (χ2n) is 5.56. The van der Waals surface area contributed by atoms with Crippen molar-refractivity contribution in [2.24, 2.45) is 10.7 Å². The van der Waals surface area contributed by atoms with Crippen molar-refractivity contribution in [2.45, 2.75) is 44.6 Å². The molecular weight excluding hydrogens is 278 g/mol. The summed E-state index contributed by atoms with van der Waals surface area (Å²) in [6.07, 6.45) is 7.60. The van der Waals surface area contributed by atoms with E-state index >= 15 is 0 Å². The van der Waals surface area contributed by atoms with Crippen LogP contribution in [0.5, 0.6) is 0 Å². The van der Waals surface area contributed by atoms with Gasteiger partial charge in [0, 0.05) is 37.3 Å². The monoisotopic (exact) mass is 303 g/mol. The van der Waals surface area contributed by atoms with E-state index in [2.05, 4.69) is 20.6 Å². The number of nitrogens with two attached hydrogens (primary N) is 1. The van der Waals surface area contributed by atoms with Crippen molar-refractivity contribution in [1.29, 1.82) is 0 Å². The number of nitrogens with zero attached hydrogens (tertiary/aromatic N) is 2. The number of aliphatic imine (C=N–C) groups is 1. The third-order valence-electron chi connectivity index (χ3n) is 3.75. The predicted octanol–water partition coefficient (Wildman–Crippen LogP) is 0.977. The van der Waals surface area contributed by atoms with Crippen LogP contribution in [0.2, 0.25) is 0 Å². The van der Waals surface area contributed by atoms with Gasteiger partial charge in [0.15, 0.2) is 5.96 Å². The van der Waals surface area contributed by atoms with Gasteiger partial charge in [-0.2, -0.15) is 0 Å². The van der Waals surface area contributed by atoms with Gasteiger partial charge in [0.2, 0.25) is 5.91 Å². The summed E-state index contributed by atoms with van der Waals surface area (Å²) in [6, 6.07) is 6.19. The molecule has 2 rings (SSSR count). The average Bonchev–Trinajstić information content (AvgIpc) is 3.01. The van der Waals surface area contributed by atoms with Crippen molar-refractivity contribution in [3.63, 3.8) is 0 Å². The first-order valence-corrected chi connectivity index (χ1v) is 7.97. The number of guanidine groups is 1. The van der Waals surface area contributed by atoms with E-state index in [1.54, 1.807) is 6.20 Å². The van der Waals surface area contributed by atoms with Crippen molar-refractivity contribution >= 4 is 11.9 Å². The minimum Gasteiger partial charge on any atom is -0.370 e. The number of hydrogen-bond acceptors (Lipinski definition) is 3. The number of amides is 1. The van der Waals surface area contributed by atoms with E-state index in [1.165, 1.54) is 12.8 Å². The molecule has 6 nitrogen and oxygen atoms in total. The van der Waals surface area contributed by atoms with Gasteiger partial charge in [-0.3, -0.25) is 14.8 Å². The molecule has 4 N–H and O–H groups in total. The number of hydrogen-bond donors (Lipinski definition) is 3. The van der Waals surface area contributed by atoms with Crippen LogP contribution in [0.25, 0.3) is 0 Å². The molecule has 0 unspecified atom stereocenters. The van der Waals surface area contributed by atoms with Crippen LogP contribution in [0.1, 0.15) is 37.8 Å². The van der Waals surface area contributed by atoms with Crippen LogP contribution >= 0.6 is 0 Å². The van der Waals surface area contributed by atoms with E-state index in [4.69, 9.17) is 5.73 Å². The molecule has 0 radical (unpaired) electrons. The SMILES string of the molecule is NC(=NCCC(=O)NC1CCCC1)NCCc1ccccn1. The molecule has 0 atom stereocenters. The van der Waals surface area contributed by atoms with Crippen LogP contribution in [0.4, 0.5) is 0 Å². The summed E-state index contributed by atoms with van der Waals surface area (Å²) in [4.78, 5) is 20.1. The fourth-order valence-corrected chi connectivity index (χ4v) is 2.57. The molecule has 1 aliphatic carbocycles. The number of nitrogens with one attached hydrogen (secondary N) is 2. The fraction of sp³-hybridized carbons (Fsp3) is 0.562. The Morgan fingerprint density at radius 1 is 1.36 bits per heavy atom. The number of aromatic nitrogens is 1. The Morgan fingerprint density at radius 3 is 2.91 bits per heavy atom. The highest BCUT2D eigenvalue weighted by Crippen LogP contribution is 2.17. The summed E-state index contributed by atoms with van der Waals surface area (Å²) in [5.74, 6) is 0.446. The van der Waals surface area contributed by atoms with E-state index in [0.717, 1.165) is 25.0 Å². The zero-order valence-electron chi connectivity index (χ0n) is 12.9. The summed E-state index contributed by atoms with van der Waals surface area (Å²) >= 11 is 0. The molecule has 1 aromatic heterocycles. The summed E-state index contributed by atoms with van der Waals surface area (Å²) in [5, 5.41) is 6.07. The van der Waals surface area contributed by atoms with Crippen LogP contribution in [0.3, 0.4) is 0 Å². The highest BCUT2D eigenvalue weighted by Gasteiger charge is 2.16. The average molecular weight is 303 g/mol. The van der Waals surface area contributed by atoms with E-state index in [0.29, 0.717) is 31.5 Å². The van der Waals surface area contributed by atoms with Gasteiger partial charge in [0.25, 0.3) is 0 Å². The molecule has 0 spiro atoms. The lowest BCUT2D eigenvalue weighted by Crippen LogP contribution is -2.35. The van der Waals surface area contributed by atoms with E-state index < -0.39 is 0 Å². The zero-order valence-corrected chi connectivity index (χ0v) is 12.9. The molecule has 1 heterocycles. The van der Waals surface area contributed by atoms with Gasteiger partial charge in [-0.25, -0.2) is 0 Å². The molecule has 1 aliphatic rings. The molecule has 0 aliphatic heterocycles. The molecule has 1 fully saturated rings. The second kappa shape index (κ2) is 9.02. The quantitative estimate of drug-likeness (QED) is 0.517. The lowest BCUT2D eigenvalue weighted by Gasteiger charge is -2.11. The van der Waals surface area contributed by atoms with Crippen molar-refractivity contribution in [1.82, 2.24) is 15.6 Å². The van der Waals surface area contributed by atoms with Gasteiger partial charge in [-0.05, 0) is 25.0 Å². The summed E-state index contributed by atoms with van der Waals surface area (Å²) in [5.41, 5.74) is 6.79. The van der Waals surface area contributed by atoms with E-state index in [1.807, 2.05) is 18.2 Å². The lowest BCUT2D eigenvalue weighted by molar-refractivity contribution is -0.121. The van der Waals surface area contributed by atoms with Gasteiger partial charge >= 0.3 is 0 Å². The van der Waals surface area contributed by atoms with Crippen LogP contribution in [-0.4, -0.2) is 36.0 Å². The maximum Gasteiger partial charge on any atom is 0.222 e. The summed E-state index contributed by atoms with van der Waals surface area (Å²) in [7, 11) is 0. The van der Waals surface area contributed by atoms with E-state index in [9.17, 15) is 4.79 Å². The van der Waals surface area contributed by atoms with E-state index in [-0.39, 0.29) is 5.91 Å². The molecule has 1 aromatic rings. The second-order valence-corrected chi connectivity index (χ2v) is 5.56. The topological polar surface area (TPSA) is 92.4 Å². The summed E-state index contributed by atoms with van der Waals surface area (Å²) < 4.78 is 0. The smallest absolute Gasteiger partial charge is 0.222 e. The number of carbonyl (C=O) groups is 1. The molecule has 1 saturated carbocycles. The maximum absolute atomic E-state index is 11.7. The number of pyridine rings is 1. The minimum absolute atomic E-state index is 0.0666. The highest BCUT2D eigenvalue weighted by atomic mass is 16.1. The number of rotatable bonds is 7. The van der Waals surface area contributed by atoms with Gasteiger partial charge in [0.05, 0.1) is 6.54 Å². The van der Waals surface area contributed by atoms with Crippen LogP contribution in [0.15, 0.2) is 29.4 Å². The third kappa shape index (κ3) is 6.11. The fourth-order valence-electron chi connectivity index (χ4n) is 2.57. The lowest BCUT2D eigenvalue weighted by atomic mass is 10.2. The first-order valence-electron chi connectivity index (χ1n) is 7.97. The molecule has 22 heavy (non-hydrogen) atoms. The Bertz CT molecular complexity index is 483. The minimum atomic E-state index is 0.0666. The number of carbonyl (C=O) groups excluding carboxylic acids is 1. The predicted molar refractivity (Wildman–Crippen MR) is 87.4 cm³/mol. The Morgan fingerprint density at radius 2 is 2.18 bits per heavy atom. The third-order valence-corrected chi connectivity index (χ3v) is 3.75. The Balaban J connectivity index is 1.57. The standard InChI is InChI=1S/C16H25N5O/c17-16(19-11-8-13-5-3-4-10-18-13)20-12-9-15(22)21-14-6-1-2-7-14/h3-5,10,14H,1-2,6-9,11-12H2,(H,21,22)(H3,17,19,20). The van der Waals surface area contributed by atoms with Gasteiger partial charge in [0.1, 0.15) is 0 Å².